The van der Waals surface area contributed by atoms with Crippen molar-refractivity contribution in [1.29, 1.82) is 0 Å². The molecule has 1 aromatic carbocycles. The summed E-state index contributed by atoms with van der Waals surface area (Å²) in [6.45, 7) is 0.494. The monoisotopic (exact) mass is 361 g/mol. The Balaban J connectivity index is 1.86. The number of hydrogen-bond acceptors (Lipinski definition) is 4. The summed E-state index contributed by atoms with van der Waals surface area (Å²) in [5.74, 6) is 0.285. The molecule has 0 bridgehead atoms. The van der Waals surface area contributed by atoms with Gasteiger partial charge in [0.15, 0.2) is 0 Å². The lowest BCUT2D eigenvalue weighted by molar-refractivity contribution is 0.0952. The zero-order valence-corrected chi connectivity index (χ0v) is 13.4. The zero-order chi connectivity index (χ0) is 14.8. The van der Waals surface area contributed by atoms with Crippen molar-refractivity contribution < 1.29 is 4.79 Å². The molecule has 21 heavy (non-hydrogen) atoms. The Kier molecular flexibility index (Phi) is 3.90. The lowest BCUT2D eigenvalue weighted by atomic mass is 10.1. The summed E-state index contributed by atoms with van der Waals surface area (Å²) in [7, 11) is 0. The molecule has 1 amide bonds. The molecular weight excluding hydrogens is 350 g/mol. The third-order valence-electron chi connectivity index (χ3n) is 3.12. The van der Waals surface area contributed by atoms with Crippen LogP contribution in [0.2, 0.25) is 0 Å². The number of carbonyl (C=O) groups excluding carboxylic acids is 1. The molecule has 0 saturated carbocycles. The van der Waals surface area contributed by atoms with Crippen molar-refractivity contribution in [3.05, 3.63) is 56.8 Å². The summed E-state index contributed by atoms with van der Waals surface area (Å²) in [4.78, 5) is 17.5. The number of amides is 1. The number of fused-ring (bicyclic) bond motifs is 1. The second-order valence-corrected chi connectivity index (χ2v) is 7.04. The molecule has 0 spiro atoms. The Hall–Kier alpha value is -1.92. The number of hydrogen-bond donors (Lipinski definition) is 2. The molecule has 0 radical (unpaired) electrons. The molecule has 0 aliphatic carbocycles. The highest BCUT2D eigenvalue weighted by Gasteiger charge is 2.12. The van der Waals surface area contributed by atoms with Crippen LogP contribution in [0, 0.1) is 0 Å². The molecule has 3 aromatic rings. The van der Waals surface area contributed by atoms with E-state index in [0.29, 0.717) is 17.9 Å². The molecule has 0 unspecified atom stereocenters. The summed E-state index contributed by atoms with van der Waals surface area (Å²) < 4.78 is 1.05. The van der Waals surface area contributed by atoms with Crippen LogP contribution in [0.4, 0.5) is 5.82 Å². The van der Waals surface area contributed by atoms with Gasteiger partial charge in [-0.25, -0.2) is 4.98 Å². The van der Waals surface area contributed by atoms with Gasteiger partial charge >= 0.3 is 0 Å². The van der Waals surface area contributed by atoms with E-state index in [0.717, 1.165) is 19.4 Å². The van der Waals surface area contributed by atoms with Gasteiger partial charge < -0.3 is 11.1 Å². The van der Waals surface area contributed by atoms with Gasteiger partial charge in [0.1, 0.15) is 5.82 Å². The van der Waals surface area contributed by atoms with Crippen molar-refractivity contribution in [2.45, 2.75) is 6.54 Å². The Morgan fingerprint density at radius 3 is 2.71 bits per heavy atom. The molecule has 2 heterocycles. The fourth-order valence-corrected chi connectivity index (χ4v) is 3.53. The summed E-state index contributed by atoms with van der Waals surface area (Å²) in [6, 6.07) is 11.5. The number of benzene rings is 1. The van der Waals surface area contributed by atoms with E-state index in [9.17, 15) is 4.79 Å². The molecule has 4 nitrogen and oxygen atoms in total. The number of pyridine rings is 1. The molecule has 0 fully saturated rings. The predicted molar refractivity (Wildman–Crippen MR) is 89.3 cm³/mol. The summed E-state index contributed by atoms with van der Waals surface area (Å²) in [5, 5.41) is 4.52. The van der Waals surface area contributed by atoms with Crippen LogP contribution in [0.15, 0.2) is 46.4 Å². The van der Waals surface area contributed by atoms with Gasteiger partial charge in [0.05, 0.1) is 15.9 Å². The number of nitrogens with one attached hydrogen (secondary N) is 1. The van der Waals surface area contributed by atoms with Crippen LogP contribution in [-0.2, 0) is 6.54 Å². The van der Waals surface area contributed by atoms with Crippen LogP contribution in [0.5, 0.6) is 0 Å². The van der Waals surface area contributed by atoms with E-state index in [1.807, 2.05) is 36.4 Å². The van der Waals surface area contributed by atoms with Crippen molar-refractivity contribution in [3.8, 4) is 0 Å². The van der Waals surface area contributed by atoms with Crippen LogP contribution >= 0.6 is 27.3 Å². The summed E-state index contributed by atoms with van der Waals surface area (Å²) in [6.07, 6.45) is 1.53. The largest absolute Gasteiger partial charge is 0.383 e. The van der Waals surface area contributed by atoms with E-state index >= 15 is 0 Å². The molecule has 106 valence electrons. The van der Waals surface area contributed by atoms with E-state index in [4.69, 9.17) is 5.73 Å². The smallest absolute Gasteiger partial charge is 0.253 e. The maximum Gasteiger partial charge on any atom is 0.253 e. The number of halogens is 1. The molecule has 0 aliphatic rings. The summed E-state index contributed by atoms with van der Waals surface area (Å²) in [5.41, 5.74) is 6.38. The van der Waals surface area contributed by atoms with Gasteiger partial charge in [-0.05, 0) is 33.4 Å². The van der Waals surface area contributed by atoms with Crippen LogP contribution < -0.4 is 11.1 Å². The molecule has 3 rings (SSSR count). The minimum absolute atomic E-state index is 0.150. The Morgan fingerprint density at radius 2 is 2.00 bits per heavy atom. The molecular formula is C15H12BrN3OS. The van der Waals surface area contributed by atoms with Gasteiger partial charge in [-0.15, -0.1) is 11.3 Å². The first-order valence-electron chi connectivity index (χ1n) is 6.31. The van der Waals surface area contributed by atoms with Crippen molar-refractivity contribution in [2.24, 2.45) is 0 Å². The van der Waals surface area contributed by atoms with Gasteiger partial charge in [-0.3, -0.25) is 4.79 Å². The van der Waals surface area contributed by atoms with Crippen LogP contribution in [0.3, 0.4) is 0 Å². The Bertz CT molecular complexity index is 816. The van der Waals surface area contributed by atoms with Gasteiger partial charge in [0.2, 0.25) is 0 Å². The van der Waals surface area contributed by atoms with Gasteiger partial charge in [0, 0.05) is 16.5 Å². The minimum atomic E-state index is -0.150. The zero-order valence-electron chi connectivity index (χ0n) is 11.0. The number of nitrogens with two attached hydrogens (primary N) is 1. The average molecular weight is 362 g/mol. The summed E-state index contributed by atoms with van der Waals surface area (Å²) >= 11 is 5.00. The molecule has 0 aliphatic heterocycles. The lowest BCUT2D eigenvalue weighted by Crippen LogP contribution is -2.22. The third-order valence-corrected chi connectivity index (χ3v) is 4.75. The molecule has 2 aromatic heterocycles. The number of aromatic nitrogens is 1. The Labute approximate surface area is 134 Å². The van der Waals surface area contributed by atoms with E-state index in [1.165, 1.54) is 6.20 Å². The number of anilines is 1. The minimum Gasteiger partial charge on any atom is -0.383 e. The van der Waals surface area contributed by atoms with Gasteiger partial charge in [-0.1, -0.05) is 24.3 Å². The number of rotatable bonds is 3. The van der Waals surface area contributed by atoms with Gasteiger partial charge in [0.25, 0.3) is 5.91 Å². The van der Waals surface area contributed by atoms with Crippen molar-refractivity contribution in [1.82, 2.24) is 10.3 Å². The molecule has 0 atom stereocenters. The van der Waals surface area contributed by atoms with Crippen LogP contribution in [0.25, 0.3) is 10.8 Å². The van der Waals surface area contributed by atoms with Crippen molar-refractivity contribution in [3.63, 3.8) is 0 Å². The van der Waals surface area contributed by atoms with Crippen LogP contribution in [-0.4, -0.2) is 10.9 Å². The first kappa shape index (κ1) is 14.0. The number of nitrogens with zero attached hydrogens (tertiary/aromatic N) is 1. The third kappa shape index (κ3) is 2.91. The van der Waals surface area contributed by atoms with Gasteiger partial charge in [-0.2, -0.15) is 0 Å². The lowest BCUT2D eigenvalue weighted by Gasteiger charge is -2.08. The number of nitrogen functional groups attached to an aromatic ring is 1. The van der Waals surface area contributed by atoms with E-state index < -0.39 is 0 Å². The standard InChI is InChI=1S/C15H12BrN3OS/c16-13-6-5-9(21-13)7-19-15(20)12-8-18-14(17)11-4-2-1-3-10(11)12/h1-6,8H,7H2,(H2,17,18)(H,19,20). The Morgan fingerprint density at radius 1 is 1.24 bits per heavy atom. The van der Waals surface area contributed by atoms with Crippen molar-refractivity contribution in [2.75, 3.05) is 5.73 Å². The van der Waals surface area contributed by atoms with E-state index in [2.05, 4.69) is 26.2 Å². The van der Waals surface area contributed by atoms with E-state index in [-0.39, 0.29) is 5.91 Å². The molecule has 6 heteroatoms. The maximum absolute atomic E-state index is 12.4. The second-order valence-electron chi connectivity index (χ2n) is 4.49. The predicted octanol–water partition coefficient (Wildman–Crippen LogP) is 3.57. The molecule has 3 N–H and O–H groups in total. The highest BCUT2D eigenvalue weighted by molar-refractivity contribution is 9.11. The first-order chi connectivity index (χ1) is 10.1. The quantitative estimate of drug-likeness (QED) is 0.749. The average Bonchev–Trinajstić information content (AvgIpc) is 2.91. The highest BCUT2D eigenvalue weighted by atomic mass is 79.9. The SMILES string of the molecule is Nc1ncc(C(=O)NCc2ccc(Br)s2)c2ccccc12. The topological polar surface area (TPSA) is 68.0 Å². The van der Waals surface area contributed by atoms with Crippen molar-refractivity contribution >= 4 is 49.8 Å². The highest BCUT2D eigenvalue weighted by Crippen LogP contribution is 2.23. The fraction of sp³-hybridized carbons (Fsp3) is 0.0667. The van der Waals surface area contributed by atoms with Crippen LogP contribution in [0.1, 0.15) is 15.2 Å². The normalized spacial score (nSPS) is 10.7. The number of thiophene rings is 1. The van der Waals surface area contributed by atoms with E-state index in [1.54, 1.807) is 11.3 Å². The first-order valence-corrected chi connectivity index (χ1v) is 7.92. The molecule has 0 saturated heterocycles. The maximum atomic E-state index is 12.4. The second kappa shape index (κ2) is 5.83. The number of carbonyl (C=O) groups is 1. The fourth-order valence-electron chi connectivity index (χ4n) is 2.10.